The van der Waals surface area contributed by atoms with Gasteiger partial charge in [0.2, 0.25) is 0 Å². The van der Waals surface area contributed by atoms with Gasteiger partial charge in [0.1, 0.15) is 16.2 Å². The summed E-state index contributed by atoms with van der Waals surface area (Å²) >= 11 is 0.535. The van der Waals surface area contributed by atoms with Gasteiger partial charge in [-0.2, -0.15) is 39.5 Å². The molecule has 0 amide bonds. The third kappa shape index (κ3) is 5.40. The molecule has 264 valence electrons. The fourth-order valence-corrected chi connectivity index (χ4v) is 8.04. The smallest absolute Gasteiger partial charge is 0.417 e. The maximum Gasteiger partial charge on any atom is 0.417 e. The number of furan rings is 1. The molecule has 0 fully saturated rings. The topological polar surface area (TPSA) is 31.0 Å². The van der Waals surface area contributed by atoms with Gasteiger partial charge in [-0.15, -0.1) is 11.3 Å². The van der Waals surface area contributed by atoms with E-state index in [-0.39, 0.29) is 22.3 Å². The summed E-state index contributed by atoms with van der Waals surface area (Å²) in [5, 5.41) is 3.27. The summed E-state index contributed by atoms with van der Waals surface area (Å²) in [7, 11) is 0. The highest BCUT2D eigenvalue weighted by Gasteiger charge is 2.45. The van der Waals surface area contributed by atoms with E-state index < -0.39 is 45.8 Å². The number of nitrogens with zero attached hydrogens (tertiary/aromatic N) is 2. The Bertz CT molecular complexity index is 2880. The van der Waals surface area contributed by atoms with Crippen molar-refractivity contribution in [1.29, 1.82) is 0 Å². The number of hydrogen-bond donors (Lipinski definition) is 0. The molecule has 0 spiro atoms. The molecule has 3 nitrogen and oxygen atoms in total. The third-order valence-corrected chi connectivity index (χ3v) is 10.3. The summed E-state index contributed by atoms with van der Waals surface area (Å²) in [6.45, 7) is 0. The predicted octanol–water partition coefficient (Wildman–Crippen LogP) is 13.7. The minimum Gasteiger partial charge on any atom is -0.456 e. The van der Waals surface area contributed by atoms with E-state index in [0.717, 1.165) is 49.4 Å². The van der Waals surface area contributed by atoms with Crippen molar-refractivity contribution in [2.45, 2.75) is 18.5 Å². The molecule has 0 aliphatic heterocycles. The molecule has 0 unspecified atom stereocenters. The lowest BCUT2D eigenvalue weighted by Gasteiger charge is -2.20. The number of aromatic nitrogens is 2. The number of fused-ring (bicyclic) bond motifs is 7. The van der Waals surface area contributed by atoms with Crippen LogP contribution >= 0.6 is 11.3 Å². The van der Waals surface area contributed by atoms with Gasteiger partial charge in [0, 0.05) is 32.8 Å². The molecule has 0 radical (unpaired) electrons. The fraction of sp³-hybridized carbons (Fsp3) is 0.0750. The van der Waals surface area contributed by atoms with Gasteiger partial charge in [-0.1, -0.05) is 54.6 Å². The Morgan fingerprint density at radius 3 is 1.85 bits per heavy atom. The van der Waals surface area contributed by atoms with Crippen molar-refractivity contribution < 1.29 is 43.9 Å². The Balaban J connectivity index is 1.14. The van der Waals surface area contributed by atoms with Gasteiger partial charge in [0.15, 0.2) is 0 Å². The number of halogens is 9. The first-order valence-corrected chi connectivity index (χ1v) is 16.7. The summed E-state index contributed by atoms with van der Waals surface area (Å²) in [5.74, 6) is 0. The second-order valence-corrected chi connectivity index (χ2v) is 13.5. The molecule has 0 bridgehead atoms. The van der Waals surface area contributed by atoms with E-state index in [1.54, 1.807) is 12.1 Å². The van der Waals surface area contributed by atoms with Crippen molar-refractivity contribution in [3.8, 4) is 27.4 Å². The molecule has 0 atom stereocenters. The lowest BCUT2D eigenvalue weighted by Crippen LogP contribution is -2.18. The first-order chi connectivity index (χ1) is 25.1. The number of hydrogen-bond acceptors (Lipinski definition) is 3. The standard InChI is InChI=1S/C40H19F9N2OS/c41-38(42,43)22-16-28(39(44,45)46)36(29(17-22)40(47,48)49)37-50-30-14-11-21(15-35(30)53-37)20-9-12-23(13-10-20)51-31-7-3-1-5-24(31)26-19-34-27(18-32(26)51)25-6-2-4-8-33(25)52-34/h1-19H. The lowest BCUT2D eigenvalue weighted by molar-refractivity contribution is -0.147. The minimum atomic E-state index is -5.53. The summed E-state index contributed by atoms with van der Waals surface area (Å²) in [4.78, 5) is 4.03. The molecule has 0 aliphatic rings. The van der Waals surface area contributed by atoms with E-state index in [0.29, 0.717) is 22.5 Å². The van der Waals surface area contributed by atoms with Crippen molar-refractivity contribution in [1.82, 2.24) is 9.55 Å². The Morgan fingerprint density at radius 1 is 0.528 bits per heavy atom. The summed E-state index contributed by atoms with van der Waals surface area (Å²) < 4.78 is 133. The van der Waals surface area contributed by atoms with Gasteiger partial charge in [-0.3, -0.25) is 0 Å². The first kappa shape index (κ1) is 33.0. The van der Waals surface area contributed by atoms with Gasteiger partial charge in [0.25, 0.3) is 0 Å². The van der Waals surface area contributed by atoms with Crippen LogP contribution in [0.3, 0.4) is 0 Å². The van der Waals surface area contributed by atoms with Crippen molar-refractivity contribution >= 4 is 65.3 Å². The maximum atomic E-state index is 14.1. The number of thiazole rings is 1. The molecule has 0 saturated heterocycles. The van der Waals surface area contributed by atoms with Crippen LogP contribution in [-0.4, -0.2) is 9.55 Å². The molecule has 0 saturated carbocycles. The normalized spacial score (nSPS) is 13.0. The van der Waals surface area contributed by atoms with Crippen LogP contribution in [0.2, 0.25) is 0 Å². The van der Waals surface area contributed by atoms with Gasteiger partial charge in [-0.05, 0) is 71.8 Å². The van der Waals surface area contributed by atoms with Crippen LogP contribution in [0.1, 0.15) is 16.7 Å². The van der Waals surface area contributed by atoms with Crippen LogP contribution in [-0.2, 0) is 18.5 Å². The van der Waals surface area contributed by atoms with Gasteiger partial charge >= 0.3 is 18.5 Å². The van der Waals surface area contributed by atoms with E-state index in [4.69, 9.17) is 4.42 Å². The van der Waals surface area contributed by atoms with E-state index in [1.165, 1.54) is 6.07 Å². The molecule has 6 aromatic carbocycles. The molecule has 13 heteroatoms. The summed E-state index contributed by atoms with van der Waals surface area (Å²) in [6.07, 6.45) is -16.5. The summed E-state index contributed by atoms with van der Waals surface area (Å²) in [6, 6.07) is 31.5. The van der Waals surface area contributed by atoms with Crippen LogP contribution in [0.25, 0.3) is 81.3 Å². The van der Waals surface area contributed by atoms with E-state index in [2.05, 4.69) is 15.6 Å². The Kier molecular flexibility index (Phi) is 7.07. The quantitative estimate of drug-likeness (QED) is 0.169. The molecular formula is C40H19F9N2OS. The zero-order valence-electron chi connectivity index (χ0n) is 26.6. The number of para-hydroxylation sites is 2. The van der Waals surface area contributed by atoms with Crippen LogP contribution in [0.15, 0.2) is 120 Å². The molecule has 9 aromatic rings. The SMILES string of the molecule is FC(F)(F)c1cc(C(F)(F)F)c(-c2nc3ccc(-c4ccc(-n5c6ccccc6c6cc7oc8ccccc8c7cc65)cc4)cc3s2)c(C(F)(F)F)c1. The van der Waals surface area contributed by atoms with Crippen molar-refractivity contribution in [3.05, 3.63) is 132 Å². The first-order valence-electron chi connectivity index (χ1n) is 15.9. The second-order valence-electron chi connectivity index (χ2n) is 12.5. The highest BCUT2D eigenvalue weighted by molar-refractivity contribution is 7.21. The van der Waals surface area contributed by atoms with Crippen LogP contribution < -0.4 is 0 Å². The van der Waals surface area contributed by atoms with Crippen LogP contribution in [0.4, 0.5) is 39.5 Å². The van der Waals surface area contributed by atoms with Gasteiger partial charge in [0.05, 0.1) is 37.9 Å². The maximum absolute atomic E-state index is 14.1. The van der Waals surface area contributed by atoms with Gasteiger partial charge in [-0.25, -0.2) is 4.98 Å². The van der Waals surface area contributed by atoms with Crippen LogP contribution in [0.5, 0.6) is 0 Å². The molecule has 0 N–H and O–H groups in total. The zero-order valence-corrected chi connectivity index (χ0v) is 27.4. The summed E-state index contributed by atoms with van der Waals surface area (Å²) in [5.41, 5.74) is -1.94. The van der Waals surface area contributed by atoms with Crippen molar-refractivity contribution in [2.75, 3.05) is 0 Å². The molecular weight excluding hydrogens is 728 g/mol. The highest BCUT2D eigenvalue weighted by atomic mass is 32.1. The highest BCUT2D eigenvalue weighted by Crippen LogP contribution is 2.49. The minimum absolute atomic E-state index is 0.0925. The van der Waals surface area contributed by atoms with E-state index in [9.17, 15) is 39.5 Å². The number of alkyl halides is 9. The molecule has 3 heterocycles. The van der Waals surface area contributed by atoms with Crippen molar-refractivity contribution in [3.63, 3.8) is 0 Å². The van der Waals surface area contributed by atoms with E-state index >= 15 is 0 Å². The largest absolute Gasteiger partial charge is 0.456 e. The lowest BCUT2D eigenvalue weighted by atomic mass is 9.96. The average molecular weight is 747 g/mol. The predicted molar refractivity (Wildman–Crippen MR) is 187 cm³/mol. The van der Waals surface area contributed by atoms with Crippen molar-refractivity contribution in [2.24, 2.45) is 0 Å². The zero-order chi connectivity index (χ0) is 37.0. The monoisotopic (exact) mass is 746 g/mol. The van der Waals surface area contributed by atoms with Gasteiger partial charge < -0.3 is 8.98 Å². The molecule has 9 rings (SSSR count). The Morgan fingerprint density at radius 2 is 1.17 bits per heavy atom. The number of rotatable bonds is 3. The fourth-order valence-electron chi connectivity index (χ4n) is 6.96. The third-order valence-electron chi connectivity index (χ3n) is 9.31. The average Bonchev–Trinajstić information content (AvgIpc) is 3.80. The van der Waals surface area contributed by atoms with Crippen LogP contribution in [0, 0.1) is 0 Å². The molecule has 53 heavy (non-hydrogen) atoms. The Hall–Kier alpha value is -5.82. The molecule has 0 aliphatic carbocycles. The van der Waals surface area contributed by atoms with E-state index in [1.807, 2.05) is 78.9 Å². The number of benzene rings is 6. The Labute approximate surface area is 296 Å². The molecule has 3 aromatic heterocycles. The second kappa shape index (κ2) is 11.3.